The molecule has 0 saturated heterocycles. The summed E-state index contributed by atoms with van der Waals surface area (Å²) < 4.78 is 5.47. The predicted molar refractivity (Wildman–Crippen MR) is 67.3 cm³/mol. The molecule has 0 fully saturated rings. The fourth-order valence-corrected chi connectivity index (χ4v) is 1.80. The van der Waals surface area contributed by atoms with Gasteiger partial charge in [-0.05, 0) is 31.6 Å². The highest BCUT2D eigenvalue weighted by molar-refractivity contribution is 4.79. The summed E-state index contributed by atoms with van der Waals surface area (Å²) in [6.45, 7) is 13.9. The molecule has 15 heavy (non-hydrogen) atoms. The van der Waals surface area contributed by atoms with Gasteiger partial charge in [-0.1, -0.05) is 27.7 Å². The first-order valence-corrected chi connectivity index (χ1v) is 6.41. The van der Waals surface area contributed by atoms with E-state index in [0.717, 1.165) is 19.8 Å². The van der Waals surface area contributed by atoms with Crippen LogP contribution in [0.3, 0.4) is 0 Å². The van der Waals surface area contributed by atoms with Crippen molar-refractivity contribution >= 4 is 0 Å². The largest absolute Gasteiger partial charge is 0.382 e. The third-order valence-corrected chi connectivity index (χ3v) is 3.37. The highest BCUT2D eigenvalue weighted by Gasteiger charge is 2.25. The highest BCUT2D eigenvalue weighted by atomic mass is 16.5. The summed E-state index contributed by atoms with van der Waals surface area (Å²) in [6, 6.07) is 0.578. The second-order valence-corrected chi connectivity index (χ2v) is 4.69. The number of ether oxygens (including phenoxy) is 1. The zero-order valence-corrected chi connectivity index (χ0v) is 11.2. The predicted octanol–water partition coefficient (Wildman–Crippen LogP) is 3.22. The summed E-state index contributed by atoms with van der Waals surface area (Å²) >= 11 is 0. The van der Waals surface area contributed by atoms with Crippen LogP contribution in [-0.2, 0) is 4.74 Å². The Morgan fingerprint density at radius 3 is 2.13 bits per heavy atom. The van der Waals surface area contributed by atoms with Crippen molar-refractivity contribution in [2.45, 2.75) is 59.9 Å². The van der Waals surface area contributed by atoms with Crippen molar-refractivity contribution in [1.29, 1.82) is 0 Å². The zero-order valence-electron chi connectivity index (χ0n) is 11.2. The van der Waals surface area contributed by atoms with Crippen LogP contribution in [0.1, 0.15) is 53.9 Å². The molecule has 0 atom stereocenters. The van der Waals surface area contributed by atoms with Crippen LogP contribution in [0.5, 0.6) is 0 Å². The molecule has 0 heterocycles. The van der Waals surface area contributed by atoms with Crippen LogP contribution in [0.2, 0.25) is 0 Å². The molecule has 0 aromatic rings. The monoisotopic (exact) mass is 215 g/mol. The molecule has 0 radical (unpaired) electrons. The molecule has 0 bridgehead atoms. The lowest BCUT2D eigenvalue weighted by Gasteiger charge is -2.33. The van der Waals surface area contributed by atoms with Gasteiger partial charge in [0.05, 0.1) is 0 Å². The van der Waals surface area contributed by atoms with Crippen LogP contribution < -0.4 is 5.32 Å². The van der Waals surface area contributed by atoms with E-state index < -0.39 is 0 Å². The van der Waals surface area contributed by atoms with E-state index in [2.05, 4.69) is 39.9 Å². The molecule has 0 spiro atoms. The highest BCUT2D eigenvalue weighted by Crippen LogP contribution is 2.29. The Kier molecular flexibility index (Phi) is 8.07. The van der Waals surface area contributed by atoms with Gasteiger partial charge in [-0.3, -0.25) is 0 Å². The van der Waals surface area contributed by atoms with Crippen LogP contribution in [-0.4, -0.2) is 25.8 Å². The van der Waals surface area contributed by atoms with Crippen molar-refractivity contribution < 1.29 is 4.74 Å². The molecule has 0 saturated carbocycles. The minimum atomic E-state index is 0.430. The summed E-state index contributed by atoms with van der Waals surface area (Å²) in [7, 11) is 0. The molecule has 0 unspecified atom stereocenters. The van der Waals surface area contributed by atoms with Gasteiger partial charge in [-0.2, -0.15) is 0 Å². The Morgan fingerprint density at radius 1 is 1.13 bits per heavy atom. The quantitative estimate of drug-likeness (QED) is 0.596. The van der Waals surface area contributed by atoms with Gasteiger partial charge in [0.15, 0.2) is 0 Å². The number of nitrogens with one attached hydrogen (secondary N) is 1. The van der Waals surface area contributed by atoms with Gasteiger partial charge in [0.2, 0.25) is 0 Å². The Balaban J connectivity index is 4.05. The van der Waals surface area contributed by atoms with Crippen LogP contribution in [0, 0.1) is 5.41 Å². The van der Waals surface area contributed by atoms with Gasteiger partial charge in [0.25, 0.3) is 0 Å². The van der Waals surface area contributed by atoms with Crippen LogP contribution in [0.25, 0.3) is 0 Å². The standard InChI is InChI=1S/C13H29NO/c1-6-13(7-2,9-10-15-8-3)11-14-12(4)5/h12,14H,6-11H2,1-5H3. The van der Waals surface area contributed by atoms with E-state index in [1.165, 1.54) is 19.3 Å². The first-order valence-electron chi connectivity index (χ1n) is 6.41. The van der Waals surface area contributed by atoms with Gasteiger partial charge in [-0.15, -0.1) is 0 Å². The molecule has 92 valence electrons. The average molecular weight is 215 g/mol. The summed E-state index contributed by atoms with van der Waals surface area (Å²) in [5, 5.41) is 3.56. The molecular weight excluding hydrogens is 186 g/mol. The number of rotatable bonds is 9. The van der Waals surface area contributed by atoms with E-state index in [0.29, 0.717) is 11.5 Å². The third kappa shape index (κ3) is 6.16. The average Bonchev–Trinajstić information content (AvgIpc) is 2.23. The fraction of sp³-hybridized carbons (Fsp3) is 1.00. The van der Waals surface area contributed by atoms with Crippen molar-refractivity contribution in [3.8, 4) is 0 Å². The van der Waals surface area contributed by atoms with Gasteiger partial charge in [-0.25, -0.2) is 0 Å². The first-order chi connectivity index (χ1) is 7.10. The SMILES string of the molecule is CCOCCC(CC)(CC)CNC(C)C. The lowest BCUT2D eigenvalue weighted by molar-refractivity contribution is 0.0952. The smallest absolute Gasteiger partial charge is 0.0471 e. The molecule has 1 N–H and O–H groups in total. The molecule has 0 amide bonds. The summed E-state index contributed by atoms with van der Waals surface area (Å²) in [5.74, 6) is 0. The second kappa shape index (κ2) is 8.12. The molecule has 0 aromatic carbocycles. The minimum absolute atomic E-state index is 0.430. The molecule has 0 rings (SSSR count). The van der Waals surface area contributed by atoms with E-state index in [-0.39, 0.29) is 0 Å². The summed E-state index contributed by atoms with van der Waals surface area (Å²) in [4.78, 5) is 0. The number of hydrogen-bond acceptors (Lipinski definition) is 2. The Bertz CT molecular complexity index is 141. The lowest BCUT2D eigenvalue weighted by Crippen LogP contribution is -2.37. The van der Waals surface area contributed by atoms with Crippen LogP contribution in [0.15, 0.2) is 0 Å². The van der Waals surface area contributed by atoms with E-state index in [4.69, 9.17) is 4.74 Å². The van der Waals surface area contributed by atoms with E-state index in [1.54, 1.807) is 0 Å². The molecule has 2 heteroatoms. The molecular formula is C13H29NO. The third-order valence-electron chi connectivity index (χ3n) is 3.37. The Labute approximate surface area is 95.8 Å². The minimum Gasteiger partial charge on any atom is -0.382 e. The maximum absolute atomic E-state index is 5.47. The Hall–Kier alpha value is -0.0800. The molecule has 0 aromatic heterocycles. The van der Waals surface area contributed by atoms with E-state index >= 15 is 0 Å². The van der Waals surface area contributed by atoms with Gasteiger partial charge < -0.3 is 10.1 Å². The van der Waals surface area contributed by atoms with Crippen molar-refractivity contribution in [3.63, 3.8) is 0 Å². The molecule has 0 aliphatic heterocycles. The van der Waals surface area contributed by atoms with Crippen molar-refractivity contribution in [2.75, 3.05) is 19.8 Å². The zero-order chi connectivity index (χ0) is 11.7. The maximum Gasteiger partial charge on any atom is 0.0471 e. The van der Waals surface area contributed by atoms with Gasteiger partial charge in [0, 0.05) is 25.8 Å². The fourth-order valence-electron chi connectivity index (χ4n) is 1.80. The topological polar surface area (TPSA) is 21.3 Å². The van der Waals surface area contributed by atoms with E-state index in [9.17, 15) is 0 Å². The van der Waals surface area contributed by atoms with E-state index in [1.807, 2.05) is 0 Å². The van der Waals surface area contributed by atoms with Crippen LogP contribution >= 0.6 is 0 Å². The maximum atomic E-state index is 5.47. The van der Waals surface area contributed by atoms with Crippen LogP contribution in [0.4, 0.5) is 0 Å². The summed E-state index contributed by atoms with van der Waals surface area (Å²) in [5.41, 5.74) is 0.430. The second-order valence-electron chi connectivity index (χ2n) is 4.69. The normalized spacial score (nSPS) is 12.4. The van der Waals surface area contributed by atoms with Gasteiger partial charge >= 0.3 is 0 Å². The number of hydrogen-bond donors (Lipinski definition) is 1. The lowest BCUT2D eigenvalue weighted by atomic mass is 9.79. The summed E-state index contributed by atoms with van der Waals surface area (Å²) in [6.07, 6.45) is 3.64. The first kappa shape index (κ1) is 14.9. The van der Waals surface area contributed by atoms with Crippen molar-refractivity contribution in [1.82, 2.24) is 5.32 Å². The Morgan fingerprint density at radius 2 is 1.73 bits per heavy atom. The van der Waals surface area contributed by atoms with Gasteiger partial charge in [0.1, 0.15) is 0 Å². The molecule has 0 aliphatic carbocycles. The molecule has 0 aliphatic rings. The van der Waals surface area contributed by atoms with Crippen molar-refractivity contribution in [3.05, 3.63) is 0 Å². The molecule has 2 nitrogen and oxygen atoms in total. The van der Waals surface area contributed by atoms with Crippen molar-refractivity contribution in [2.24, 2.45) is 5.41 Å².